The summed E-state index contributed by atoms with van der Waals surface area (Å²) in [7, 11) is 0. The molecular weight excluding hydrogens is 246 g/mol. The molecule has 0 aromatic carbocycles. The van der Waals surface area contributed by atoms with Crippen LogP contribution in [-0.4, -0.2) is 16.0 Å². The summed E-state index contributed by atoms with van der Waals surface area (Å²) in [6.45, 7) is 3.93. The van der Waals surface area contributed by atoms with E-state index < -0.39 is 0 Å². The molecule has 0 spiro atoms. The Hall–Kier alpha value is -1.72. The van der Waals surface area contributed by atoms with Crippen molar-refractivity contribution in [3.05, 3.63) is 45.8 Å². The summed E-state index contributed by atoms with van der Waals surface area (Å²) in [5.41, 5.74) is 5.28. The van der Waals surface area contributed by atoms with Crippen LogP contribution in [0.3, 0.4) is 0 Å². The van der Waals surface area contributed by atoms with Crippen molar-refractivity contribution < 1.29 is 5.21 Å². The molecule has 0 saturated carbocycles. The number of hydrogen-bond donors (Lipinski definition) is 2. The van der Waals surface area contributed by atoms with E-state index in [0.717, 1.165) is 16.8 Å². The molecule has 0 aliphatic heterocycles. The fraction of sp³-hybridized carbons (Fsp3) is 0.231. The molecule has 0 aliphatic rings. The predicted octanol–water partition coefficient (Wildman–Crippen LogP) is 3.01. The van der Waals surface area contributed by atoms with Gasteiger partial charge in [-0.15, -0.1) is 0 Å². The SMILES string of the molecule is Cc1cc(C)nc(N=C(Cc2ccsc2)NO)c1. The second-order valence-electron chi connectivity index (χ2n) is 4.12. The predicted molar refractivity (Wildman–Crippen MR) is 73.8 cm³/mol. The Bertz CT molecular complexity index is 529. The third-order valence-corrected chi connectivity index (χ3v) is 3.15. The summed E-state index contributed by atoms with van der Waals surface area (Å²) in [6, 6.07) is 5.88. The van der Waals surface area contributed by atoms with Crippen LogP contribution in [0.15, 0.2) is 34.0 Å². The molecule has 0 aliphatic carbocycles. The minimum absolute atomic E-state index is 0.492. The molecule has 2 N–H and O–H groups in total. The molecule has 2 rings (SSSR count). The molecule has 94 valence electrons. The molecule has 0 unspecified atom stereocenters. The molecular formula is C13H15N3OS. The first kappa shape index (κ1) is 12.7. The molecule has 0 amide bonds. The molecule has 4 nitrogen and oxygen atoms in total. The first-order valence-corrected chi connectivity index (χ1v) is 6.55. The van der Waals surface area contributed by atoms with Crippen LogP contribution in [0, 0.1) is 13.8 Å². The minimum atomic E-state index is 0.492. The van der Waals surface area contributed by atoms with Crippen LogP contribution in [0.25, 0.3) is 0 Å². The maximum Gasteiger partial charge on any atom is 0.154 e. The van der Waals surface area contributed by atoms with E-state index in [1.54, 1.807) is 11.3 Å². The van der Waals surface area contributed by atoms with E-state index in [1.165, 1.54) is 0 Å². The van der Waals surface area contributed by atoms with Gasteiger partial charge in [-0.3, -0.25) is 10.7 Å². The highest BCUT2D eigenvalue weighted by Gasteiger charge is 2.03. The largest absolute Gasteiger partial charge is 0.290 e. The number of nitrogens with one attached hydrogen (secondary N) is 1. The van der Waals surface area contributed by atoms with Crippen LogP contribution in [0.5, 0.6) is 0 Å². The van der Waals surface area contributed by atoms with E-state index >= 15 is 0 Å². The monoisotopic (exact) mass is 261 g/mol. The molecule has 18 heavy (non-hydrogen) atoms. The summed E-state index contributed by atoms with van der Waals surface area (Å²) in [5, 5.41) is 13.1. The van der Waals surface area contributed by atoms with Crippen LogP contribution in [0.4, 0.5) is 5.82 Å². The maximum atomic E-state index is 9.12. The molecule has 5 heteroatoms. The van der Waals surface area contributed by atoms with Crippen molar-refractivity contribution in [1.82, 2.24) is 10.5 Å². The van der Waals surface area contributed by atoms with Gasteiger partial charge in [-0.25, -0.2) is 9.98 Å². The van der Waals surface area contributed by atoms with Crippen LogP contribution >= 0.6 is 11.3 Å². The normalized spacial score (nSPS) is 11.6. The lowest BCUT2D eigenvalue weighted by Gasteiger charge is -2.04. The number of aliphatic imine (C=N–C) groups is 1. The van der Waals surface area contributed by atoms with E-state index in [2.05, 4.69) is 15.5 Å². The highest BCUT2D eigenvalue weighted by atomic mass is 32.1. The van der Waals surface area contributed by atoms with Gasteiger partial charge in [0.1, 0.15) is 5.84 Å². The van der Waals surface area contributed by atoms with E-state index in [9.17, 15) is 0 Å². The van der Waals surface area contributed by atoms with E-state index in [0.29, 0.717) is 18.1 Å². The number of thiophene rings is 1. The topological polar surface area (TPSA) is 57.5 Å². The van der Waals surface area contributed by atoms with Gasteiger partial charge in [-0.2, -0.15) is 11.3 Å². The summed E-state index contributed by atoms with van der Waals surface area (Å²) >= 11 is 1.62. The number of hydrogen-bond acceptors (Lipinski definition) is 4. The summed E-state index contributed by atoms with van der Waals surface area (Å²) in [6.07, 6.45) is 0.564. The molecule has 0 radical (unpaired) electrons. The van der Waals surface area contributed by atoms with Crippen molar-refractivity contribution in [1.29, 1.82) is 0 Å². The average molecular weight is 261 g/mol. The molecule has 0 atom stereocenters. The lowest BCUT2D eigenvalue weighted by atomic mass is 10.2. The second kappa shape index (κ2) is 5.75. The van der Waals surface area contributed by atoms with Crippen LogP contribution < -0.4 is 5.48 Å². The fourth-order valence-electron chi connectivity index (χ4n) is 1.71. The molecule has 2 heterocycles. The Balaban J connectivity index is 2.23. The Kier molecular flexibility index (Phi) is 4.07. The first-order chi connectivity index (χ1) is 8.67. The number of amidine groups is 1. The smallest absolute Gasteiger partial charge is 0.154 e. The molecule has 0 fully saturated rings. The zero-order chi connectivity index (χ0) is 13.0. The number of pyridine rings is 1. The van der Waals surface area contributed by atoms with E-state index in [4.69, 9.17) is 5.21 Å². The van der Waals surface area contributed by atoms with Gasteiger partial charge in [0.25, 0.3) is 0 Å². The van der Waals surface area contributed by atoms with Gasteiger partial charge in [0.2, 0.25) is 0 Å². The van der Waals surface area contributed by atoms with Crippen molar-refractivity contribution in [2.45, 2.75) is 20.3 Å². The van der Waals surface area contributed by atoms with E-state index in [-0.39, 0.29) is 0 Å². The highest BCUT2D eigenvalue weighted by molar-refractivity contribution is 7.08. The van der Waals surface area contributed by atoms with Gasteiger partial charge in [0.15, 0.2) is 5.82 Å². The van der Waals surface area contributed by atoms with Crippen molar-refractivity contribution in [3.63, 3.8) is 0 Å². The number of hydroxylamine groups is 1. The maximum absolute atomic E-state index is 9.12. The third kappa shape index (κ3) is 3.38. The number of rotatable bonds is 3. The summed E-state index contributed by atoms with van der Waals surface area (Å²) < 4.78 is 0. The minimum Gasteiger partial charge on any atom is -0.290 e. The molecule has 0 bridgehead atoms. The average Bonchev–Trinajstić information content (AvgIpc) is 2.79. The lowest BCUT2D eigenvalue weighted by Crippen LogP contribution is -2.21. The standard InChI is InChI=1S/C13H15N3OS/c1-9-5-10(2)14-12(6-9)15-13(16-17)7-11-3-4-18-8-11/h3-6,8,17H,7H2,1-2H3,(H,14,15,16). The van der Waals surface area contributed by atoms with E-state index in [1.807, 2.05) is 42.8 Å². The van der Waals surface area contributed by atoms with Gasteiger partial charge in [0.05, 0.1) is 0 Å². The van der Waals surface area contributed by atoms with Gasteiger partial charge in [-0.1, -0.05) is 0 Å². The van der Waals surface area contributed by atoms with Crippen LogP contribution in [-0.2, 0) is 6.42 Å². The van der Waals surface area contributed by atoms with Gasteiger partial charge >= 0.3 is 0 Å². The highest BCUT2D eigenvalue weighted by Crippen LogP contribution is 2.14. The number of aryl methyl sites for hydroxylation is 2. The third-order valence-electron chi connectivity index (χ3n) is 2.41. The molecule has 2 aromatic heterocycles. The zero-order valence-corrected chi connectivity index (χ0v) is 11.2. The Morgan fingerprint density at radius 2 is 2.28 bits per heavy atom. The Labute approximate surface area is 110 Å². The molecule has 0 saturated heterocycles. The second-order valence-corrected chi connectivity index (χ2v) is 4.90. The Morgan fingerprint density at radius 3 is 2.89 bits per heavy atom. The van der Waals surface area contributed by atoms with Crippen LogP contribution in [0.2, 0.25) is 0 Å². The quantitative estimate of drug-likeness (QED) is 0.507. The number of nitrogens with zero attached hydrogens (tertiary/aromatic N) is 2. The molecule has 2 aromatic rings. The van der Waals surface area contributed by atoms with Crippen molar-refractivity contribution in [2.75, 3.05) is 0 Å². The van der Waals surface area contributed by atoms with Crippen molar-refractivity contribution in [3.8, 4) is 0 Å². The van der Waals surface area contributed by atoms with Crippen molar-refractivity contribution in [2.24, 2.45) is 4.99 Å². The summed E-state index contributed by atoms with van der Waals surface area (Å²) in [5.74, 6) is 1.10. The zero-order valence-electron chi connectivity index (χ0n) is 10.3. The van der Waals surface area contributed by atoms with Crippen LogP contribution in [0.1, 0.15) is 16.8 Å². The number of aromatic nitrogens is 1. The first-order valence-electron chi connectivity index (χ1n) is 5.61. The van der Waals surface area contributed by atoms with Gasteiger partial charge in [0, 0.05) is 12.1 Å². The van der Waals surface area contributed by atoms with Gasteiger partial charge < -0.3 is 0 Å². The van der Waals surface area contributed by atoms with Crippen molar-refractivity contribution >= 4 is 23.0 Å². The Morgan fingerprint density at radius 1 is 1.44 bits per heavy atom. The lowest BCUT2D eigenvalue weighted by molar-refractivity contribution is 0.232. The fourth-order valence-corrected chi connectivity index (χ4v) is 2.37. The van der Waals surface area contributed by atoms with Gasteiger partial charge in [-0.05, 0) is 53.9 Å². The summed E-state index contributed by atoms with van der Waals surface area (Å²) in [4.78, 5) is 8.64.